The normalized spacial score (nSPS) is 21.9. The summed E-state index contributed by atoms with van der Waals surface area (Å²) in [4.78, 5) is 46.0. The lowest BCUT2D eigenvalue weighted by Gasteiger charge is -2.43. The van der Waals surface area contributed by atoms with E-state index in [1.165, 1.54) is 6.20 Å². The van der Waals surface area contributed by atoms with E-state index < -0.39 is 11.9 Å². The van der Waals surface area contributed by atoms with E-state index >= 15 is 0 Å². The number of rotatable bonds is 5. The van der Waals surface area contributed by atoms with Crippen molar-refractivity contribution < 1.29 is 19.1 Å². The van der Waals surface area contributed by atoms with Crippen LogP contribution in [-0.4, -0.2) is 59.4 Å². The van der Waals surface area contributed by atoms with Gasteiger partial charge in [0.2, 0.25) is 5.91 Å². The van der Waals surface area contributed by atoms with E-state index in [0.29, 0.717) is 43.2 Å². The Kier molecular flexibility index (Phi) is 4.84. The molecule has 2 atom stereocenters. The number of esters is 1. The Labute approximate surface area is 180 Å². The van der Waals surface area contributed by atoms with E-state index in [4.69, 9.17) is 10.5 Å². The van der Waals surface area contributed by atoms with Gasteiger partial charge in [-0.25, -0.2) is 9.78 Å². The van der Waals surface area contributed by atoms with E-state index in [9.17, 15) is 14.4 Å². The smallest absolute Gasteiger partial charge is 0.339 e. The summed E-state index contributed by atoms with van der Waals surface area (Å²) in [7, 11) is 0. The molecule has 2 amide bonds. The second-order valence-corrected chi connectivity index (χ2v) is 8.43. The van der Waals surface area contributed by atoms with Gasteiger partial charge in [-0.1, -0.05) is 18.2 Å². The molecule has 1 aliphatic carbocycles. The van der Waals surface area contributed by atoms with Crippen molar-refractivity contribution >= 4 is 23.6 Å². The van der Waals surface area contributed by atoms with Gasteiger partial charge in [0.1, 0.15) is 11.9 Å². The fraction of sp³-hybridized carbons (Fsp3) is 0.391. The second kappa shape index (κ2) is 7.68. The maximum atomic E-state index is 13.1. The van der Waals surface area contributed by atoms with Gasteiger partial charge in [0, 0.05) is 24.8 Å². The molecule has 1 aromatic heterocycles. The van der Waals surface area contributed by atoms with Crippen molar-refractivity contribution in [1.29, 1.82) is 0 Å². The Hall–Kier alpha value is -3.42. The van der Waals surface area contributed by atoms with Crippen LogP contribution in [-0.2, 0) is 16.0 Å². The highest BCUT2D eigenvalue weighted by molar-refractivity contribution is 5.98. The molecule has 1 saturated carbocycles. The van der Waals surface area contributed by atoms with Crippen LogP contribution in [0, 0.1) is 5.92 Å². The van der Waals surface area contributed by atoms with Crippen LogP contribution in [0.4, 0.5) is 5.82 Å². The van der Waals surface area contributed by atoms with Crippen LogP contribution in [0.15, 0.2) is 42.6 Å². The monoisotopic (exact) mass is 420 g/mol. The molecule has 1 saturated heterocycles. The number of benzene rings is 1. The molecule has 2 aromatic rings. The molecule has 1 aromatic carbocycles. The predicted octanol–water partition coefficient (Wildman–Crippen LogP) is 1.39. The van der Waals surface area contributed by atoms with E-state index in [-0.39, 0.29) is 17.9 Å². The maximum Gasteiger partial charge on any atom is 0.339 e. The van der Waals surface area contributed by atoms with E-state index in [1.807, 2.05) is 11.0 Å². The van der Waals surface area contributed by atoms with Crippen molar-refractivity contribution in [3.05, 3.63) is 59.3 Å². The lowest BCUT2D eigenvalue weighted by Crippen LogP contribution is -2.64. The van der Waals surface area contributed by atoms with Crippen molar-refractivity contribution in [2.75, 3.05) is 24.6 Å². The summed E-state index contributed by atoms with van der Waals surface area (Å²) in [6, 6.07) is 9.60. The number of carbonyl (C=O) groups excluding carboxylic acids is 3. The van der Waals surface area contributed by atoms with Crippen LogP contribution >= 0.6 is 0 Å². The highest BCUT2D eigenvalue weighted by atomic mass is 16.5. The standard InChI is InChI=1S/C23H24N4O4/c24-20(28)19-18-11-16-10-17(23(30)31-13-14-6-7-14)12-25-21(16)26(18)8-9-27(19)22(29)15-4-2-1-3-5-15/h1-5,10,12,14,18-19H,6-9,11,13H2,(H2,24,28). The number of ether oxygens (including phenoxy) is 1. The average Bonchev–Trinajstić information content (AvgIpc) is 3.55. The molecule has 2 fully saturated rings. The van der Waals surface area contributed by atoms with Crippen LogP contribution in [0.3, 0.4) is 0 Å². The predicted molar refractivity (Wildman–Crippen MR) is 113 cm³/mol. The fourth-order valence-electron chi connectivity index (χ4n) is 4.51. The number of fused-ring (bicyclic) bond motifs is 3. The molecule has 3 heterocycles. The molecule has 2 N–H and O–H groups in total. The molecule has 31 heavy (non-hydrogen) atoms. The second-order valence-electron chi connectivity index (χ2n) is 8.43. The Morgan fingerprint density at radius 3 is 2.58 bits per heavy atom. The first-order valence-electron chi connectivity index (χ1n) is 10.6. The molecule has 160 valence electrons. The topological polar surface area (TPSA) is 106 Å². The number of aromatic nitrogens is 1. The van der Waals surface area contributed by atoms with Gasteiger partial charge < -0.3 is 20.3 Å². The number of hydrogen-bond donors (Lipinski definition) is 1. The Balaban J connectivity index is 1.38. The van der Waals surface area contributed by atoms with Gasteiger partial charge in [-0.3, -0.25) is 9.59 Å². The largest absolute Gasteiger partial charge is 0.462 e. The minimum atomic E-state index is -0.777. The van der Waals surface area contributed by atoms with E-state index in [1.54, 1.807) is 35.2 Å². The Morgan fingerprint density at radius 2 is 1.87 bits per heavy atom. The number of carbonyl (C=O) groups is 3. The summed E-state index contributed by atoms with van der Waals surface area (Å²) in [5, 5.41) is 0. The molecule has 0 spiro atoms. The molecular formula is C23H24N4O4. The number of hydrogen-bond acceptors (Lipinski definition) is 6. The number of pyridine rings is 1. The summed E-state index contributed by atoms with van der Waals surface area (Å²) >= 11 is 0. The first-order chi connectivity index (χ1) is 15.0. The van der Waals surface area contributed by atoms with Gasteiger partial charge in [0.25, 0.3) is 5.91 Å². The van der Waals surface area contributed by atoms with Gasteiger partial charge >= 0.3 is 5.97 Å². The molecule has 5 rings (SSSR count). The number of amides is 2. The molecule has 8 heteroatoms. The summed E-state index contributed by atoms with van der Waals surface area (Å²) in [5.41, 5.74) is 7.56. The number of anilines is 1. The van der Waals surface area contributed by atoms with Crippen LogP contribution in [0.2, 0.25) is 0 Å². The molecule has 2 unspecified atom stereocenters. The van der Waals surface area contributed by atoms with Crippen molar-refractivity contribution in [3.63, 3.8) is 0 Å². The zero-order chi connectivity index (χ0) is 21.5. The Morgan fingerprint density at radius 1 is 1.10 bits per heavy atom. The third-order valence-corrected chi connectivity index (χ3v) is 6.28. The zero-order valence-electron chi connectivity index (χ0n) is 17.1. The van der Waals surface area contributed by atoms with Crippen molar-refractivity contribution in [2.45, 2.75) is 31.3 Å². The quantitative estimate of drug-likeness (QED) is 0.733. The summed E-state index contributed by atoms with van der Waals surface area (Å²) in [5.74, 6) is 0.0964. The molecule has 3 aliphatic rings. The molecule has 2 aliphatic heterocycles. The number of nitrogens with two attached hydrogens (primary N) is 1. The lowest BCUT2D eigenvalue weighted by atomic mass is 9.97. The van der Waals surface area contributed by atoms with Gasteiger partial charge in [0.15, 0.2) is 0 Å². The van der Waals surface area contributed by atoms with Crippen molar-refractivity contribution in [1.82, 2.24) is 9.88 Å². The van der Waals surface area contributed by atoms with Crippen molar-refractivity contribution in [3.8, 4) is 0 Å². The van der Waals surface area contributed by atoms with Crippen LogP contribution in [0.1, 0.15) is 39.1 Å². The zero-order valence-corrected chi connectivity index (χ0v) is 17.1. The van der Waals surface area contributed by atoms with Crippen LogP contribution in [0.25, 0.3) is 0 Å². The molecule has 8 nitrogen and oxygen atoms in total. The van der Waals surface area contributed by atoms with E-state index in [2.05, 4.69) is 4.98 Å². The summed E-state index contributed by atoms with van der Waals surface area (Å²) in [6.07, 6.45) is 4.23. The van der Waals surface area contributed by atoms with Gasteiger partial charge in [0.05, 0.1) is 18.2 Å². The van der Waals surface area contributed by atoms with Crippen molar-refractivity contribution in [2.24, 2.45) is 11.7 Å². The minimum absolute atomic E-state index is 0.211. The fourth-order valence-corrected chi connectivity index (χ4v) is 4.51. The number of primary amides is 1. The molecular weight excluding hydrogens is 396 g/mol. The van der Waals surface area contributed by atoms with Crippen LogP contribution in [0.5, 0.6) is 0 Å². The summed E-state index contributed by atoms with van der Waals surface area (Å²) in [6.45, 7) is 1.35. The maximum absolute atomic E-state index is 13.1. The number of nitrogens with zero attached hydrogens (tertiary/aromatic N) is 3. The first kappa shape index (κ1) is 19.5. The number of piperazine rings is 1. The lowest BCUT2D eigenvalue weighted by molar-refractivity contribution is -0.123. The Bertz CT molecular complexity index is 1040. The minimum Gasteiger partial charge on any atom is -0.462 e. The average molecular weight is 420 g/mol. The van der Waals surface area contributed by atoms with Gasteiger partial charge in [-0.2, -0.15) is 0 Å². The third kappa shape index (κ3) is 3.62. The molecule has 0 radical (unpaired) electrons. The SMILES string of the molecule is NC(=O)C1C2Cc3cc(C(=O)OCC4CC4)cnc3N2CCN1C(=O)c1ccccc1. The summed E-state index contributed by atoms with van der Waals surface area (Å²) < 4.78 is 5.37. The van der Waals surface area contributed by atoms with E-state index in [0.717, 1.165) is 24.2 Å². The molecule has 0 bridgehead atoms. The van der Waals surface area contributed by atoms with Gasteiger partial charge in [-0.05, 0) is 48.9 Å². The third-order valence-electron chi connectivity index (χ3n) is 6.28. The highest BCUT2D eigenvalue weighted by Crippen LogP contribution is 2.36. The van der Waals surface area contributed by atoms with Gasteiger partial charge in [-0.15, -0.1) is 0 Å². The highest BCUT2D eigenvalue weighted by Gasteiger charge is 2.46. The van der Waals surface area contributed by atoms with Crippen LogP contribution < -0.4 is 10.6 Å². The first-order valence-corrected chi connectivity index (χ1v) is 10.6.